The summed E-state index contributed by atoms with van der Waals surface area (Å²) in [5.41, 5.74) is 6.48. The van der Waals surface area contributed by atoms with E-state index in [-0.39, 0.29) is 44.2 Å². The van der Waals surface area contributed by atoms with E-state index >= 15 is 0 Å². The first kappa shape index (κ1) is 17.5. The number of ether oxygens (including phenoxy) is 1. The summed E-state index contributed by atoms with van der Waals surface area (Å²) in [4.78, 5) is 22.2. The van der Waals surface area contributed by atoms with E-state index in [0.717, 1.165) is 5.56 Å². The van der Waals surface area contributed by atoms with Gasteiger partial charge >= 0.3 is 5.97 Å². The van der Waals surface area contributed by atoms with E-state index in [1.165, 1.54) is 0 Å². The molecule has 0 saturated carbocycles. The number of carbonyl (C=O) groups excluding carboxylic acids is 2. The van der Waals surface area contributed by atoms with Crippen molar-refractivity contribution in [2.45, 2.75) is 26.1 Å². The van der Waals surface area contributed by atoms with Crippen LogP contribution in [0.1, 0.15) is 24.0 Å². The molecule has 1 aromatic rings. The normalized spacial score (nSPS) is 9.58. The highest BCUT2D eigenvalue weighted by atomic mass is 35.5. The number of nitrogens with two attached hydrogens (primary N) is 1. The van der Waals surface area contributed by atoms with Crippen LogP contribution in [-0.2, 0) is 27.6 Å². The Kier molecular flexibility index (Phi) is 8.74. The van der Waals surface area contributed by atoms with E-state index in [2.05, 4.69) is 0 Å². The lowest BCUT2D eigenvalue weighted by Crippen LogP contribution is -2.15. The fourth-order valence-electron chi connectivity index (χ4n) is 1.30. The molecular weight excluding hydrogens is 273 g/mol. The highest BCUT2D eigenvalue weighted by molar-refractivity contribution is 5.85. The van der Waals surface area contributed by atoms with Gasteiger partial charge in [-0.05, 0) is 11.1 Å². The number of ketones is 1. The lowest BCUT2D eigenvalue weighted by molar-refractivity contribution is -0.146. The number of alkyl halides is 1. The topological polar surface area (TPSA) is 69.4 Å². The molecule has 106 valence electrons. The van der Waals surface area contributed by atoms with Gasteiger partial charge in [0.15, 0.2) is 0 Å². The number of Topliss-reactive ketones (excluding diaryl/α,β-unsaturated/α-hetero) is 1. The van der Waals surface area contributed by atoms with Crippen LogP contribution in [0.3, 0.4) is 0 Å². The molecule has 0 aromatic heterocycles. The van der Waals surface area contributed by atoms with Crippen molar-refractivity contribution in [1.82, 2.24) is 0 Å². The highest BCUT2D eigenvalue weighted by Crippen LogP contribution is 2.07. The number of esters is 1. The molecule has 1 rings (SSSR count). The highest BCUT2D eigenvalue weighted by Gasteiger charge is 2.07. The number of halogens is 2. The lowest BCUT2D eigenvalue weighted by atomic mass is 10.1. The van der Waals surface area contributed by atoms with Gasteiger partial charge in [-0.15, -0.1) is 12.4 Å². The molecule has 2 N–H and O–H groups in total. The third-order valence-corrected chi connectivity index (χ3v) is 2.41. The minimum absolute atomic E-state index is 0. The van der Waals surface area contributed by atoms with Gasteiger partial charge in [0.1, 0.15) is 19.1 Å². The molecule has 0 aliphatic rings. The number of hydrogen-bond donors (Lipinski definition) is 1. The standard InChI is InChI=1S/C13H16FNO3.ClH/c14-7-10-1-3-11(4-2-10)9-18-13(17)6-5-12(16)8-15;/h1-4H,5-9,15H2;1H. The zero-order chi connectivity index (χ0) is 13.4. The Hall–Kier alpha value is -1.46. The van der Waals surface area contributed by atoms with Crippen molar-refractivity contribution in [3.8, 4) is 0 Å². The van der Waals surface area contributed by atoms with Crippen LogP contribution in [0, 0.1) is 0 Å². The molecule has 0 heterocycles. The Morgan fingerprint density at radius 1 is 1.11 bits per heavy atom. The Morgan fingerprint density at radius 3 is 2.21 bits per heavy atom. The lowest BCUT2D eigenvalue weighted by Gasteiger charge is -2.05. The first-order chi connectivity index (χ1) is 8.65. The van der Waals surface area contributed by atoms with Crippen LogP contribution < -0.4 is 5.73 Å². The molecule has 0 fully saturated rings. The van der Waals surface area contributed by atoms with E-state index in [0.29, 0.717) is 5.56 Å². The van der Waals surface area contributed by atoms with Gasteiger partial charge in [0, 0.05) is 6.42 Å². The predicted molar refractivity (Wildman–Crippen MR) is 71.6 cm³/mol. The van der Waals surface area contributed by atoms with Crippen LogP contribution in [0.5, 0.6) is 0 Å². The molecule has 1 aromatic carbocycles. The zero-order valence-corrected chi connectivity index (χ0v) is 11.2. The summed E-state index contributed by atoms with van der Waals surface area (Å²) in [7, 11) is 0. The van der Waals surface area contributed by atoms with Crippen molar-refractivity contribution in [2.75, 3.05) is 6.54 Å². The van der Waals surface area contributed by atoms with Gasteiger partial charge < -0.3 is 10.5 Å². The molecule has 19 heavy (non-hydrogen) atoms. The summed E-state index contributed by atoms with van der Waals surface area (Å²) in [5.74, 6) is -0.606. The minimum atomic E-state index is -0.513. The second-order valence-corrected chi connectivity index (χ2v) is 3.85. The molecule has 6 heteroatoms. The van der Waals surface area contributed by atoms with Crippen molar-refractivity contribution in [2.24, 2.45) is 5.73 Å². The Labute approximate surface area is 117 Å². The molecule has 4 nitrogen and oxygen atoms in total. The Morgan fingerprint density at radius 2 is 1.68 bits per heavy atom. The van der Waals surface area contributed by atoms with E-state index in [4.69, 9.17) is 10.5 Å². The molecule has 0 atom stereocenters. The SMILES string of the molecule is Cl.NCC(=O)CCC(=O)OCc1ccc(CF)cc1. The van der Waals surface area contributed by atoms with Gasteiger partial charge in [-0.25, -0.2) is 4.39 Å². The Balaban J connectivity index is 0.00000324. The van der Waals surface area contributed by atoms with Gasteiger partial charge in [0.2, 0.25) is 0 Å². The number of carbonyl (C=O) groups is 2. The maximum atomic E-state index is 12.3. The molecule has 0 amide bonds. The first-order valence-corrected chi connectivity index (χ1v) is 5.67. The maximum Gasteiger partial charge on any atom is 0.306 e. The third-order valence-electron chi connectivity index (χ3n) is 2.41. The van der Waals surface area contributed by atoms with Crippen molar-refractivity contribution < 1.29 is 18.7 Å². The van der Waals surface area contributed by atoms with Crippen LogP contribution in [-0.4, -0.2) is 18.3 Å². The van der Waals surface area contributed by atoms with Crippen LogP contribution in [0.4, 0.5) is 4.39 Å². The molecule has 0 aliphatic heterocycles. The van der Waals surface area contributed by atoms with E-state index in [9.17, 15) is 14.0 Å². The number of hydrogen-bond acceptors (Lipinski definition) is 4. The first-order valence-electron chi connectivity index (χ1n) is 5.67. The van der Waals surface area contributed by atoms with Gasteiger partial charge in [-0.3, -0.25) is 9.59 Å². The smallest absolute Gasteiger partial charge is 0.306 e. The summed E-state index contributed by atoms with van der Waals surface area (Å²) < 4.78 is 17.2. The van der Waals surface area contributed by atoms with Gasteiger partial charge in [-0.1, -0.05) is 24.3 Å². The summed E-state index contributed by atoms with van der Waals surface area (Å²) in [5, 5.41) is 0. The molecular formula is C13H17ClFNO3. The molecule has 0 radical (unpaired) electrons. The number of rotatable bonds is 7. The van der Waals surface area contributed by atoms with Crippen LogP contribution in [0.15, 0.2) is 24.3 Å². The number of benzene rings is 1. The molecule has 0 bridgehead atoms. The van der Waals surface area contributed by atoms with E-state index in [1.807, 2.05) is 0 Å². The summed E-state index contributed by atoms with van der Waals surface area (Å²) in [6.07, 6.45) is 0.148. The van der Waals surface area contributed by atoms with Crippen LogP contribution >= 0.6 is 12.4 Å². The zero-order valence-electron chi connectivity index (χ0n) is 10.4. The fourth-order valence-corrected chi connectivity index (χ4v) is 1.30. The van der Waals surface area contributed by atoms with Gasteiger partial charge in [0.05, 0.1) is 13.0 Å². The third kappa shape index (κ3) is 6.88. The largest absolute Gasteiger partial charge is 0.461 e. The van der Waals surface area contributed by atoms with Crippen LogP contribution in [0.25, 0.3) is 0 Å². The summed E-state index contributed by atoms with van der Waals surface area (Å²) in [6.45, 7) is -0.443. The predicted octanol–water partition coefficient (Wildman–Crippen LogP) is 1.93. The van der Waals surface area contributed by atoms with Crippen molar-refractivity contribution in [3.05, 3.63) is 35.4 Å². The van der Waals surface area contributed by atoms with Gasteiger partial charge in [0.25, 0.3) is 0 Å². The van der Waals surface area contributed by atoms with Crippen molar-refractivity contribution in [3.63, 3.8) is 0 Å². The molecule has 0 saturated heterocycles. The van der Waals surface area contributed by atoms with Crippen LogP contribution in [0.2, 0.25) is 0 Å². The average Bonchev–Trinajstić information content (AvgIpc) is 2.42. The fraction of sp³-hybridized carbons (Fsp3) is 0.385. The van der Waals surface area contributed by atoms with Crippen molar-refractivity contribution in [1.29, 1.82) is 0 Å². The summed E-state index contributed by atoms with van der Waals surface area (Å²) in [6, 6.07) is 6.68. The minimum Gasteiger partial charge on any atom is -0.461 e. The quantitative estimate of drug-likeness (QED) is 0.779. The molecule has 0 spiro atoms. The average molecular weight is 290 g/mol. The van der Waals surface area contributed by atoms with E-state index in [1.54, 1.807) is 24.3 Å². The molecule has 0 unspecified atom stereocenters. The Bertz CT molecular complexity index is 409. The molecule has 0 aliphatic carbocycles. The monoisotopic (exact) mass is 289 g/mol. The van der Waals surface area contributed by atoms with Crippen molar-refractivity contribution >= 4 is 24.2 Å². The summed E-state index contributed by atoms with van der Waals surface area (Å²) >= 11 is 0. The van der Waals surface area contributed by atoms with Gasteiger partial charge in [-0.2, -0.15) is 0 Å². The second-order valence-electron chi connectivity index (χ2n) is 3.85. The second kappa shape index (κ2) is 9.47. The maximum absolute atomic E-state index is 12.3. The van der Waals surface area contributed by atoms with E-state index < -0.39 is 12.6 Å².